The second-order valence-electron chi connectivity index (χ2n) is 5.99. The second-order valence-corrected chi connectivity index (χ2v) is 6.43. The Morgan fingerprint density at radius 1 is 1.25 bits per heavy atom. The van der Waals surface area contributed by atoms with Gasteiger partial charge in [0.2, 0.25) is 0 Å². The van der Waals surface area contributed by atoms with Crippen molar-refractivity contribution in [3.05, 3.63) is 82.1 Å². The Kier molecular flexibility index (Phi) is 6.20. The van der Waals surface area contributed by atoms with Gasteiger partial charge in [-0.05, 0) is 48.4 Å². The highest BCUT2D eigenvalue weighted by Gasteiger charge is 2.19. The largest absolute Gasteiger partial charge is 0.369 e. The van der Waals surface area contributed by atoms with Crippen molar-refractivity contribution in [3.8, 4) is 11.8 Å². The summed E-state index contributed by atoms with van der Waals surface area (Å²) in [5.41, 5.74) is 3.20. The quantitative estimate of drug-likeness (QED) is 0.350. The van der Waals surface area contributed by atoms with Crippen molar-refractivity contribution in [2.75, 3.05) is 0 Å². The number of hydrogen-bond acceptors (Lipinski definition) is 5. The summed E-state index contributed by atoms with van der Waals surface area (Å²) in [4.78, 5) is 17.5. The van der Waals surface area contributed by atoms with Gasteiger partial charge in [-0.15, -0.1) is 0 Å². The predicted octanol–water partition coefficient (Wildman–Crippen LogP) is 4.54. The van der Waals surface area contributed by atoms with E-state index >= 15 is 0 Å². The fourth-order valence-corrected chi connectivity index (χ4v) is 2.78. The van der Waals surface area contributed by atoms with Crippen molar-refractivity contribution in [2.45, 2.75) is 19.8 Å². The van der Waals surface area contributed by atoms with Crippen LogP contribution in [0.5, 0.6) is 0 Å². The average Bonchev–Trinajstić information content (AvgIpc) is 3.13. The van der Waals surface area contributed by atoms with Gasteiger partial charge in [-0.1, -0.05) is 42.2 Å². The Balaban J connectivity index is 1.78. The first-order chi connectivity index (χ1) is 13.6. The first kappa shape index (κ1) is 19.3. The highest BCUT2D eigenvalue weighted by molar-refractivity contribution is 6.30. The fourth-order valence-electron chi connectivity index (χ4n) is 2.65. The summed E-state index contributed by atoms with van der Waals surface area (Å²) in [7, 11) is 0. The van der Waals surface area contributed by atoms with Gasteiger partial charge >= 0.3 is 5.97 Å². The minimum atomic E-state index is -0.575. The zero-order valence-electron chi connectivity index (χ0n) is 15.2. The van der Waals surface area contributed by atoms with Crippen molar-refractivity contribution in [3.63, 3.8) is 0 Å². The van der Waals surface area contributed by atoms with Crippen molar-refractivity contribution < 1.29 is 9.63 Å². The molecule has 0 amide bonds. The van der Waals surface area contributed by atoms with E-state index < -0.39 is 5.97 Å². The highest BCUT2D eigenvalue weighted by atomic mass is 35.5. The predicted molar refractivity (Wildman–Crippen MR) is 107 cm³/mol. The molecule has 7 heteroatoms. The van der Waals surface area contributed by atoms with E-state index in [2.05, 4.69) is 10.3 Å². The minimum absolute atomic E-state index is 0.369. The van der Waals surface area contributed by atoms with E-state index in [4.69, 9.17) is 21.7 Å². The van der Waals surface area contributed by atoms with Gasteiger partial charge < -0.3 is 4.84 Å². The topological polar surface area (TPSA) is 80.3 Å². The molecule has 3 rings (SSSR count). The second kappa shape index (κ2) is 8.98. The van der Waals surface area contributed by atoms with Gasteiger partial charge in [0.05, 0.1) is 35.4 Å². The summed E-state index contributed by atoms with van der Waals surface area (Å²) < 4.78 is 1.71. The van der Waals surface area contributed by atoms with Gasteiger partial charge in [-0.25, -0.2) is 9.48 Å². The van der Waals surface area contributed by atoms with Crippen molar-refractivity contribution in [1.29, 1.82) is 5.26 Å². The number of carbonyl (C=O) groups is 1. The molecule has 0 spiro atoms. The lowest BCUT2D eigenvalue weighted by molar-refractivity contribution is 0.0518. The molecule has 3 aromatic rings. The van der Waals surface area contributed by atoms with Gasteiger partial charge in [-0.2, -0.15) is 10.4 Å². The highest BCUT2D eigenvalue weighted by Crippen LogP contribution is 2.19. The van der Waals surface area contributed by atoms with E-state index in [0.29, 0.717) is 22.6 Å². The number of benzene rings is 2. The molecule has 0 aliphatic rings. The maximum absolute atomic E-state index is 12.5. The van der Waals surface area contributed by atoms with Crippen LogP contribution in [0.3, 0.4) is 0 Å². The maximum Gasteiger partial charge on any atom is 0.369 e. The normalized spacial score (nSPS) is 10.8. The molecular formula is C21H17ClN4O2. The Morgan fingerprint density at radius 3 is 2.61 bits per heavy atom. The standard InChI is InChI=1S/C21H17ClN4O2/c1-2-3-20-19(14-24-26(20)18-10-8-17(22)9-11-18)21(27)28-25-13-16-6-4-15(12-23)5-7-16/h4-11,13-14H,2-3H2,1H3/b25-13+. The third-order valence-electron chi connectivity index (χ3n) is 4.02. The van der Waals surface area contributed by atoms with Crippen LogP contribution < -0.4 is 0 Å². The number of nitrogens with zero attached hydrogens (tertiary/aromatic N) is 4. The molecule has 0 aliphatic heterocycles. The van der Waals surface area contributed by atoms with Crippen molar-refractivity contribution >= 4 is 23.8 Å². The average molecular weight is 393 g/mol. The Hall–Kier alpha value is -3.43. The van der Waals surface area contributed by atoms with E-state index in [1.54, 1.807) is 41.1 Å². The van der Waals surface area contributed by atoms with Crippen molar-refractivity contribution in [2.24, 2.45) is 5.16 Å². The molecule has 0 bridgehead atoms. The number of oxime groups is 1. The van der Waals surface area contributed by atoms with Crippen LogP contribution in [0.15, 0.2) is 59.9 Å². The molecule has 140 valence electrons. The molecule has 6 nitrogen and oxygen atoms in total. The lowest BCUT2D eigenvalue weighted by Crippen LogP contribution is -2.08. The van der Waals surface area contributed by atoms with E-state index in [9.17, 15) is 4.79 Å². The Morgan fingerprint density at radius 2 is 1.96 bits per heavy atom. The Bertz CT molecular complexity index is 1030. The summed E-state index contributed by atoms with van der Waals surface area (Å²) in [6.07, 6.45) is 4.40. The van der Waals surface area contributed by atoms with Gasteiger partial charge in [0.1, 0.15) is 5.56 Å². The molecule has 0 atom stereocenters. The Labute approximate surface area is 167 Å². The summed E-state index contributed by atoms with van der Waals surface area (Å²) in [6.45, 7) is 2.03. The molecule has 0 radical (unpaired) electrons. The SMILES string of the molecule is CCCc1c(C(=O)O/N=C/c2ccc(C#N)cc2)cnn1-c1ccc(Cl)cc1. The zero-order chi connectivity index (χ0) is 19.9. The number of halogens is 1. The smallest absolute Gasteiger partial charge is 0.313 e. The molecule has 0 saturated heterocycles. The van der Waals surface area contributed by atoms with Crippen LogP contribution in [0.1, 0.15) is 40.5 Å². The molecule has 0 fully saturated rings. The van der Waals surface area contributed by atoms with Gasteiger partial charge in [0.25, 0.3) is 0 Å². The zero-order valence-corrected chi connectivity index (χ0v) is 15.9. The maximum atomic E-state index is 12.5. The van der Waals surface area contributed by atoms with Crippen molar-refractivity contribution in [1.82, 2.24) is 9.78 Å². The van der Waals surface area contributed by atoms with Crippen LogP contribution in [0, 0.1) is 11.3 Å². The molecule has 0 unspecified atom stereocenters. The summed E-state index contributed by atoms with van der Waals surface area (Å²) >= 11 is 5.94. The fraction of sp³-hybridized carbons (Fsp3) is 0.143. The molecule has 0 saturated carbocycles. The number of aromatic nitrogens is 2. The number of carbonyl (C=O) groups excluding carboxylic acids is 1. The van der Waals surface area contributed by atoms with Crippen LogP contribution in [0.4, 0.5) is 0 Å². The molecular weight excluding hydrogens is 376 g/mol. The van der Waals surface area contributed by atoms with Crippen LogP contribution in [0.2, 0.25) is 5.02 Å². The number of nitriles is 1. The molecule has 0 aliphatic carbocycles. The first-order valence-corrected chi connectivity index (χ1v) is 9.08. The van der Waals surface area contributed by atoms with Crippen LogP contribution in [-0.4, -0.2) is 22.0 Å². The van der Waals surface area contributed by atoms with E-state index in [1.807, 2.05) is 25.1 Å². The number of rotatable bonds is 6. The molecule has 0 N–H and O–H groups in total. The van der Waals surface area contributed by atoms with E-state index in [1.165, 1.54) is 12.4 Å². The summed E-state index contributed by atoms with van der Waals surface area (Å²) in [6, 6.07) is 16.0. The molecule has 2 aromatic carbocycles. The minimum Gasteiger partial charge on any atom is -0.313 e. The van der Waals surface area contributed by atoms with E-state index in [0.717, 1.165) is 23.4 Å². The molecule has 1 aromatic heterocycles. The monoisotopic (exact) mass is 392 g/mol. The molecule has 28 heavy (non-hydrogen) atoms. The van der Waals surface area contributed by atoms with Gasteiger partial charge in [-0.3, -0.25) is 0 Å². The lowest BCUT2D eigenvalue weighted by atomic mass is 10.1. The molecule has 1 heterocycles. The van der Waals surface area contributed by atoms with Crippen LogP contribution >= 0.6 is 11.6 Å². The van der Waals surface area contributed by atoms with Crippen LogP contribution in [0.25, 0.3) is 5.69 Å². The third-order valence-corrected chi connectivity index (χ3v) is 4.28. The third kappa shape index (κ3) is 4.45. The van der Waals surface area contributed by atoms with Crippen LogP contribution in [-0.2, 0) is 11.3 Å². The summed E-state index contributed by atoms with van der Waals surface area (Å²) in [5, 5.41) is 17.5. The lowest BCUT2D eigenvalue weighted by Gasteiger charge is -2.08. The first-order valence-electron chi connectivity index (χ1n) is 8.70. The van der Waals surface area contributed by atoms with Gasteiger partial charge in [0, 0.05) is 5.02 Å². The van der Waals surface area contributed by atoms with E-state index in [-0.39, 0.29) is 0 Å². The summed E-state index contributed by atoms with van der Waals surface area (Å²) in [5.74, 6) is -0.575. The number of hydrogen-bond donors (Lipinski definition) is 0. The van der Waals surface area contributed by atoms with Gasteiger partial charge in [0.15, 0.2) is 0 Å².